The van der Waals surface area contributed by atoms with Gasteiger partial charge in [-0.15, -0.1) is 0 Å². The van der Waals surface area contributed by atoms with E-state index in [9.17, 15) is 0 Å². The Hall–Kier alpha value is -0.900. The van der Waals surface area contributed by atoms with E-state index in [1.54, 1.807) is 0 Å². The average Bonchev–Trinajstić information content (AvgIpc) is 2.42. The van der Waals surface area contributed by atoms with Crippen LogP contribution in [0.1, 0.15) is 25.8 Å². The van der Waals surface area contributed by atoms with Gasteiger partial charge in [-0.3, -0.25) is 0 Å². The lowest BCUT2D eigenvalue weighted by Gasteiger charge is -2.14. The molecule has 1 aromatic carbocycles. The number of rotatable bonds is 9. The number of benzene rings is 1. The van der Waals surface area contributed by atoms with Crippen LogP contribution >= 0.6 is 0 Å². The van der Waals surface area contributed by atoms with Crippen molar-refractivity contribution in [2.45, 2.75) is 33.0 Å². The minimum atomic E-state index is 0.181. The molecule has 2 unspecified atom stereocenters. The second-order valence-corrected chi connectivity index (χ2v) is 4.76. The number of hydrogen-bond donors (Lipinski definition) is 1. The molecule has 1 N–H and O–H groups in total. The van der Waals surface area contributed by atoms with Crippen LogP contribution in [0.5, 0.6) is 0 Å². The summed E-state index contributed by atoms with van der Waals surface area (Å²) in [5.41, 5.74) is 1.19. The number of ether oxygens (including phenoxy) is 2. The fourth-order valence-corrected chi connectivity index (χ4v) is 1.48. The van der Waals surface area contributed by atoms with Crippen LogP contribution in [0.15, 0.2) is 30.3 Å². The van der Waals surface area contributed by atoms with Crippen molar-refractivity contribution >= 4 is 0 Å². The average molecular weight is 252 g/mol. The van der Waals surface area contributed by atoms with Crippen LogP contribution in [0.25, 0.3) is 0 Å². The number of hydrogen-bond acceptors (Lipinski definition) is 3. The van der Waals surface area contributed by atoms with Crippen molar-refractivity contribution in [1.29, 1.82) is 0 Å². The fourth-order valence-electron chi connectivity index (χ4n) is 1.48. The molecule has 18 heavy (non-hydrogen) atoms. The summed E-state index contributed by atoms with van der Waals surface area (Å²) in [6, 6.07) is 10.2. The van der Waals surface area contributed by atoms with Gasteiger partial charge in [0, 0.05) is 19.1 Å². The molecule has 2 atom stereocenters. The maximum atomic E-state index is 8.85. The van der Waals surface area contributed by atoms with Crippen LogP contribution in [-0.2, 0) is 16.1 Å². The normalized spacial score (nSPS) is 14.4. The van der Waals surface area contributed by atoms with E-state index < -0.39 is 0 Å². The molecule has 0 bridgehead atoms. The van der Waals surface area contributed by atoms with Crippen molar-refractivity contribution in [3.63, 3.8) is 0 Å². The highest BCUT2D eigenvalue weighted by Gasteiger charge is 2.04. The quantitative estimate of drug-likeness (QED) is 0.687. The molecule has 1 rings (SSSR count). The second kappa shape index (κ2) is 9.09. The summed E-state index contributed by atoms with van der Waals surface area (Å²) in [5.74, 6) is 0.213. The number of aliphatic hydroxyl groups is 1. The molecule has 3 nitrogen and oxygen atoms in total. The van der Waals surface area contributed by atoms with Gasteiger partial charge in [-0.1, -0.05) is 37.3 Å². The first-order valence-corrected chi connectivity index (χ1v) is 6.56. The summed E-state index contributed by atoms with van der Waals surface area (Å²) in [6.45, 7) is 6.15. The molecule has 0 aromatic heterocycles. The minimum absolute atomic E-state index is 0.181. The third-order valence-corrected chi connectivity index (χ3v) is 2.76. The third-order valence-electron chi connectivity index (χ3n) is 2.76. The SMILES string of the molecule is CC(CO)COCCC(C)OCc1ccccc1. The second-order valence-electron chi connectivity index (χ2n) is 4.76. The van der Waals surface area contributed by atoms with Crippen molar-refractivity contribution in [3.8, 4) is 0 Å². The predicted octanol–water partition coefficient (Wildman–Crippen LogP) is 2.63. The van der Waals surface area contributed by atoms with Gasteiger partial charge in [0.1, 0.15) is 0 Å². The van der Waals surface area contributed by atoms with Gasteiger partial charge in [-0.05, 0) is 18.9 Å². The summed E-state index contributed by atoms with van der Waals surface area (Å²) < 4.78 is 11.2. The fraction of sp³-hybridized carbons (Fsp3) is 0.600. The first-order valence-electron chi connectivity index (χ1n) is 6.56. The lowest BCUT2D eigenvalue weighted by Crippen LogP contribution is -2.15. The van der Waals surface area contributed by atoms with Crippen molar-refractivity contribution in [2.75, 3.05) is 19.8 Å². The van der Waals surface area contributed by atoms with E-state index in [0.717, 1.165) is 6.42 Å². The lowest BCUT2D eigenvalue weighted by molar-refractivity contribution is 0.0132. The Kier molecular flexibility index (Phi) is 7.65. The predicted molar refractivity (Wildman–Crippen MR) is 72.4 cm³/mol. The Bertz CT molecular complexity index is 300. The van der Waals surface area contributed by atoms with Crippen molar-refractivity contribution < 1.29 is 14.6 Å². The standard InChI is InChI=1S/C15H24O3/c1-13(10-16)11-17-9-8-14(2)18-12-15-6-4-3-5-7-15/h3-7,13-14,16H,8-12H2,1-2H3. The molecular formula is C15H24O3. The van der Waals surface area contributed by atoms with Gasteiger partial charge in [-0.2, -0.15) is 0 Å². The third kappa shape index (κ3) is 6.74. The summed E-state index contributed by atoms with van der Waals surface area (Å²) in [4.78, 5) is 0. The smallest absolute Gasteiger partial charge is 0.0720 e. The highest BCUT2D eigenvalue weighted by atomic mass is 16.5. The van der Waals surface area contributed by atoms with Gasteiger partial charge in [0.05, 0.1) is 19.3 Å². The monoisotopic (exact) mass is 252 g/mol. The first-order chi connectivity index (χ1) is 8.72. The van der Waals surface area contributed by atoms with Crippen LogP contribution in [0.4, 0.5) is 0 Å². The van der Waals surface area contributed by atoms with Crippen molar-refractivity contribution in [3.05, 3.63) is 35.9 Å². The lowest BCUT2D eigenvalue weighted by atomic mass is 10.2. The Balaban J connectivity index is 2.05. The summed E-state index contributed by atoms with van der Waals surface area (Å²) in [5, 5.41) is 8.85. The molecular weight excluding hydrogens is 228 g/mol. The van der Waals surface area contributed by atoms with E-state index in [1.807, 2.05) is 25.1 Å². The summed E-state index contributed by atoms with van der Waals surface area (Å²) >= 11 is 0. The van der Waals surface area contributed by atoms with E-state index in [0.29, 0.717) is 19.8 Å². The van der Waals surface area contributed by atoms with Gasteiger partial charge in [0.15, 0.2) is 0 Å². The molecule has 0 aliphatic carbocycles. The van der Waals surface area contributed by atoms with Crippen molar-refractivity contribution in [1.82, 2.24) is 0 Å². The first kappa shape index (κ1) is 15.2. The van der Waals surface area contributed by atoms with Gasteiger partial charge < -0.3 is 14.6 Å². The molecule has 0 aliphatic heterocycles. The molecule has 0 spiro atoms. The molecule has 0 radical (unpaired) electrons. The van der Waals surface area contributed by atoms with Crippen LogP contribution in [0.2, 0.25) is 0 Å². The number of aliphatic hydroxyl groups excluding tert-OH is 1. The van der Waals surface area contributed by atoms with Crippen LogP contribution in [0.3, 0.4) is 0 Å². The van der Waals surface area contributed by atoms with Gasteiger partial charge in [-0.25, -0.2) is 0 Å². The largest absolute Gasteiger partial charge is 0.396 e. The highest BCUT2D eigenvalue weighted by molar-refractivity contribution is 5.13. The molecule has 0 amide bonds. The van der Waals surface area contributed by atoms with E-state index in [-0.39, 0.29) is 18.6 Å². The van der Waals surface area contributed by atoms with Gasteiger partial charge in [0.25, 0.3) is 0 Å². The zero-order chi connectivity index (χ0) is 13.2. The van der Waals surface area contributed by atoms with Crippen molar-refractivity contribution in [2.24, 2.45) is 5.92 Å². The topological polar surface area (TPSA) is 38.7 Å². The molecule has 0 heterocycles. The zero-order valence-corrected chi connectivity index (χ0v) is 11.3. The molecule has 102 valence electrons. The van der Waals surface area contributed by atoms with E-state index >= 15 is 0 Å². The Morgan fingerprint density at radius 3 is 2.56 bits per heavy atom. The summed E-state index contributed by atoms with van der Waals surface area (Å²) in [7, 11) is 0. The Morgan fingerprint density at radius 1 is 1.17 bits per heavy atom. The van der Waals surface area contributed by atoms with Gasteiger partial charge >= 0.3 is 0 Å². The zero-order valence-electron chi connectivity index (χ0n) is 11.3. The van der Waals surface area contributed by atoms with E-state index in [4.69, 9.17) is 14.6 Å². The Morgan fingerprint density at radius 2 is 1.89 bits per heavy atom. The Labute approximate surface area is 110 Å². The molecule has 0 fully saturated rings. The minimum Gasteiger partial charge on any atom is -0.396 e. The maximum Gasteiger partial charge on any atom is 0.0720 e. The molecule has 0 saturated carbocycles. The van der Waals surface area contributed by atoms with Crippen LogP contribution < -0.4 is 0 Å². The molecule has 0 saturated heterocycles. The molecule has 1 aromatic rings. The summed E-state index contributed by atoms with van der Waals surface area (Å²) in [6.07, 6.45) is 1.07. The van der Waals surface area contributed by atoms with Gasteiger partial charge in [0.2, 0.25) is 0 Å². The van der Waals surface area contributed by atoms with Crippen LogP contribution in [-0.4, -0.2) is 31.0 Å². The maximum absolute atomic E-state index is 8.85. The molecule has 3 heteroatoms. The van der Waals surface area contributed by atoms with Crippen LogP contribution in [0, 0.1) is 5.92 Å². The van der Waals surface area contributed by atoms with E-state index in [1.165, 1.54) is 5.56 Å². The van der Waals surface area contributed by atoms with E-state index in [2.05, 4.69) is 19.1 Å². The highest BCUT2D eigenvalue weighted by Crippen LogP contribution is 2.06. The molecule has 0 aliphatic rings.